The minimum absolute atomic E-state index is 0. The predicted molar refractivity (Wildman–Crippen MR) is 134 cm³/mol. The van der Waals surface area contributed by atoms with Crippen molar-refractivity contribution in [3.05, 3.63) is 0 Å². The van der Waals surface area contributed by atoms with Crippen molar-refractivity contribution >= 4 is 50.3 Å². The fourth-order valence-electron chi connectivity index (χ4n) is 0.424. The molecule has 0 radical (unpaired) electrons. The Morgan fingerprint density at radius 3 is 1.12 bits per heavy atom. The molecule has 210 valence electrons. The van der Waals surface area contributed by atoms with Gasteiger partial charge < -0.3 is 9.05 Å². The SMILES string of the molecule is C.CNP(=O)(OC)OC.CNS(=O)(=O)OC.CNS(=O)OC.CNS(C)(=O)=O.CNS(C)=O. The van der Waals surface area contributed by atoms with Crippen molar-refractivity contribution in [1.29, 1.82) is 0 Å². The third kappa shape index (κ3) is 50.1. The van der Waals surface area contributed by atoms with Gasteiger partial charge in [-0.1, -0.05) is 7.43 Å². The lowest BCUT2D eigenvalue weighted by Gasteiger charge is -2.09. The summed E-state index contributed by atoms with van der Waals surface area (Å²) in [6, 6.07) is 0. The second kappa shape index (κ2) is 28.3. The van der Waals surface area contributed by atoms with E-state index in [9.17, 15) is 29.8 Å². The highest BCUT2D eigenvalue weighted by Crippen LogP contribution is 2.39. The minimum atomic E-state index is -3.41. The van der Waals surface area contributed by atoms with E-state index in [-0.39, 0.29) is 7.43 Å². The van der Waals surface area contributed by atoms with E-state index in [0.29, 0.717) is 0 Å². The van der Waals surface area contributed by atoms with Crippen molar-refractivity contribution in [3.8, 4) is 0 Å². The van der Waals surface area contributed by atoms with Crippen molar-refractivity contribution in [2.24, 2.45) is 0 Å². The second-order valence-electron chi connectivity index (χ2n) is 4.15. The van der Waals surface area contributed by atoms with Crippen LogP contribution in [0.3, 0.4) is 0 Å². The maximum atomic E-state index is 10.8. The zero-order valence-electron chi connectivity index (χ0n) is 20.1. The Bertz CT molecular complexity index is 688. The van der Waals surface area contributed by atoms with Crippen LogP contribution in [0.25, 0.3) is 0 Å². The highest BCUT2D eigenvalue weighted by molar-refractivity contribution is 7.88. The molecule has 2 unspecified atom stereocenters. The normalized spacial score (nSPS) is 12.3. The molecule has 0 amide bonds. The van der Waals surface area contributed by atoms with Gasteiger partial charge in [0, 0.05) is 27.5 Å². The van der Waals surface area contributed by atoms with E-state index in [2.05, 4.69) is 36.7 Å². The Labute approximate surface area is 204 Å². The van der Waals surface area contributed by atoms with Crippen molar-refractivity contribution < 1.29 is 47.2 Å². The summed E-state index contributed by atoms with van der Waals surface area (Å²) < 4.78 is 96.4. The summed E-state index contributed by atoms with van der Waals surface area (Å²) in [6.07, 6.45) is 2.69. The molecule has 0 heterocycles. The quantitative estimate of drug-likeness (QED) is 0.192. The zero-order valence-corrected chi connectivity index (χ0v) is 24.2. The molecule has 0 aromatic rings. The Morgan fingerprint density at radius 2 is 1.12 bits per heavy atom. The minimum Gasteiger partial charge on any atom is -0.300 e. The number of hydrogen-bond donors (Lipinski definition) is 5. The molecular formula is C12H42N5O11PS4. The third-order valence-corrected chi connectivity index (χ3v) is 6.60. The molecule has 0 saturated carbocycles. The molecule has 0 aromatic carbocycles. The van der Waals surface area contributed by atoms with Crippen LogP contribution in [0.4, 0.5) is 0 Å². The molecule has 2 atom stereocenters. The van der Waals surface area contributed by atoms with Gasteiger partial charge in [0.15, 0.2) is 0 Å². The Hall–Kier alpha value is 0.0700. The molecular weight excluding hydrogens is 549 g/mol. The lowest BCUT2D eigenvalue weighted by atomic mass is 11.6. The molecule has 0 aliphatic rings. The average molecular weight is 592 g/mol. The van der Waals surface area contributed by atoms with Gasteiger partial charge in [-0.05, 0) is 28.2 Å². The van der Waals surface area contributed by atoms with E-state index in [1.807, 2.05) is 4.72 Å². The number of sulfonamides is 1. The zero-order chi connectivity index (χ0) is 27.0. The van der Waals surface area contributed by atoms with Crippen LogP contribution in [0.2, 0.25) is 0 Å². The summed E-state index contributed by atoms with van der Waals surface area (Å²) in [5, 5.41) is 2.39. The topological polar surface area (TPSA) is 217 Å². The first kappa shape index (κ1) is 46.4. The van der Waals surface area contributed by atoms with Crippen LogP contribution < -0.4 is 24.0 Å². The van der Waals surface area contributed by atoms with Crippen molar-refractivity contribution in [1.82, 2.24) is 24.0 Å². The number of hydrogen-bond acceptors (Lipinski definition) is 11. The predicted octanol–water partition coefficient (Wildman–Crippen LogP) is -1.56. The first-order valence-corrected chi connectivity index (χ1v) is 15.3. The van der Waals surface area contributed by atoms with E-state index < -0.39 is 50.3 Å². The molecule has 0 spiro atoms. The van der Waals surface area contributed by atoms with E-state index in [4.69, 9.17) is 0 Å². The van der Waals surface area contributed by atoms with Gasteiger partial charge in [-0.25, -0.2) is 40.7 Å². The fourth-order valence-corrected chi connectivity index (χ4v) is 1.27. The molecule has 21 heteroatoms. The molecule has 0 aliphatic heterocycles. The summed E-state index contributed by atoms with van der Waals surface area (Å²) in [6.45, 7) is 0. The molecule has 0 fully saturated rings. The van der Waals surface area contributed by atoms with Crippen LogP contribution in [0, 0.1) is 0 Å². The summed E-state index contributed by atoms with van der Waals surface area (Å²) in [5.74, 6) is 0. The van der Waals surface area contributed by atoms with Crippen LogP contribution in [-0.2, 0) is 64.6 Å². The van der Waals surface area contributed by atoms with E-state index in [1.165, 1.54) is 42.5 Å². The molecule has 0 bridgehead atoms. The first-order chi connectivity index (χ1) is 14.4. The van der Waals surface area contributed by atoms with Crippen molar-refractivity contribution in [2.45, 2.75) is 7.43 Å². The van der Waals surface area contributed by atoms with Gasteiger partial charge in [0.1, 0.15) is 0 Å². The van der Waals surface area contributed by atoms with Gasteiger partial charge in [-0.15, -0.1) is 0 Å². The summed E-state index contributed by atoms with van der Waals surface area (Å²) in [5.41, 5.74) is 0. The largest absolute Gasteiger partial charge is 0.404 e. The standard InChI is InChI=1S/C3H10NO3P.C2H7NO3S.2C2H7NO2S.C2H7NOS.CH4/c1-4-8(5,6-2)7-3;1-3-7(4,5)6-2;1-3-6(2,4)5;1-3-6(4)5-2;1-3-5(2)4;/h1-3H3,(H,4,5);3H,1-2H3;2*3H,1-2H3;3H,1-2H3;1H4. The second-order valence-corrected chi connectivity index (χ2v) is 12.5. The molecule has 0 aromatic heterocycles. The van der Waals surface area contributed by atoms with E-state index in [0.717, 1.165) is 13.4 Å². The Balaban J connectivity index is -0.0000000691. The molecule has 16 nitrogen and oxygen atoms in total. The Morgan fingerprint density at radius 1 is 0.788 bits per heavy atom. The van der Waals surface area contributed by atoms with Crippen molar-refractivity contribution in [3.63, 3.8) is 0 Å². The summed E-state index contributed by atoms with van der Waals surface area (Å²) in [7, 11) is 2.40. The summed E-state index contributed by atoms with van der Waals surface area (Å²) >= 11 is -1.28. The van der Waals surface area contributed by atoms with Crippen molar-refractivity contribution in [2.75, 3.05) is 76.2 Å². The van der Waals surface area contributed by atoms with Crippen LogP contribution in [0.15, 0.2) is 0 Å². The van der Waals surface area contributed by atoms with Crippen LogP contribution in [0.5, 0.6) is 0 Å². The highest BCUT2D eigenvalue weighted by atomic mass is 32.2. The lowest BCUT2D eigenvalue weighted by molar-refractivity contribution is 0.267. The van der Waals surface area contributed by atoms with Gasteiger partial charge in [0.25, 0.3) is 0 Å². The molecule has 33 heavy (non-hydrogen) atoms. The maximum Gasteiger partial charge on any atom is 0.404 e. The van der Waals surface area contributed by atoms with Crippen LogP contribution in [-0.4, -0.2) is 101 Å². The van der Waals surface area contributed by atoms with Crippen LogP contribution >= 0.6 is 7.75 Å². The average Bonchev–Trinajstić information content (AvgIpc) is 2.78. The molecule has 0 saturated heterocycles. The molecule has 5 N–H and O–H groups in total. The smallest absolute Gasteiger partial charge is 0.300 e. The van der Waals surface area contributed by atoms with Gasteiger partial charge in [-0.3, -0.25) is 8.37 Å². The van der Waals surface area contributed by atoms with Gasteiger partial charge in [0.05, 0.1) is 31.5 Å². The fraction of sp³-hybridized carbons (Fsp3) is 1.00. The van der Waals surface area contributed by atoms with Crippen LogP contribution in [0.1, 0.15) is 7.43 Å². The summed E-state index contributed by atoms with van der Waals surface area (Å²) in [4.78, 5) is 0. The monoisotopic (exact) mass is 591 g/mol. The van der Waals surface area contributed by atoms with E-state index in [1.54, 1.807) is 20.4 Å². The molecule has 0 aliphatic carbocycles. The lowest BCUT2D eigenvalue weighted by Crippen LogP contribution is -2.19. The third-order valence-electron chi connectivity index (χ3n) is 2.20. The molecule has 0 rings (SSSR count). The van der Waals surface area contributed by atoms with Gasteiger partial charge >= 0.3 is 18.1 Å². The number of nitrogens with one attached hydrogen (secondary N) is 5. The maximum absolute atomic E-state index is 10.8. The van der Waals surface area contributed by atoms with Gasteiger partial charge in [0.2, 0.25) is 21.3 Å². The number of rotatable bonds is 9. The highest BCUT2D eigenvalue weighted by Gasteiger charge is 2.15. The van der Waals surface area contributed by atoms with Gasteiger partial charge in [-0.2, -0.15) is 13.1 Å². The van der Waals surface area contributed by atoms with E-state index >= 15 is 0 Å². The Kier molecular flexibility index (Phi) is 39.8. The first-order valence-electron chi connectivity index (χ1n) is 7.87.